The maximum Gasteiger partial charge on any atom is 0.151 e. The lowest BCUT2D eigenvalue weighted by Crippen LogP contribution is -1.91. The van der Waals surface area contributed by atoms with Crippen LogP contribution in [0.4, 0.5) is 0 Å². The molecular weight excluding hydrogens is 206 g/mol. The van der Waals surface area contributed by atoms with Gasteiger partial charge in [0.05, 0.1) is 4.60 Å². The van der Waals surface area contributed by atoms with Gasteiger partial charge in [-0.3, -0.25) is 4.79 Å². The number of hydrogen-bond acceptors (Lipinski definition) is 1. The number of aromatic nitrogens is 1. The van der Waals surface area contributed by atoms with Crippen molar-refractivity contribution >= 4 is 22.2 Å². The first-order valence-electron chi connectivity index (χ1n) is 3.66. The summed E-state index contributed by atoms with van der Waals surface area (Å²) >= 11 is 3.41. The average molecular weight is 214 g/mol. The monoisotopic (exact) mass is 213 g/mol. The zero-order valence-corrected chi connectivity index (χ0v) is 7.60. The molecule has 0 unspecified atom stereocenters. The van der Waals surface area contributed by atoms with E-state index in [1.807, 2.05) is 6.07 Å². The molecule has 58 valence electrons. The summed E-state index contributed by atoms with van der Waals surface area (Å²) in [6, 6.07) is 1.89. The van der Waals surface area contributed by atoms with E-state index in [2.05, 4.69) is 20.5 Å². The minimum atomic E-state index is 0.842. The topological polar surface area (TPSA) is 22.0 Å². The standard InChI is InChI=1S/C8H8BrNO/c9-8-4-6(5-11)7-2-1-3-10(7)8/h4-5H,1-3H2. The molecule has 2 rings (SSSR count). The van der Waals surface area contributed by atoms with Crippen LogP contribution in [0.15, 0.2) is 10.7 Å². The van der Waals surface area contributed by atoms with E-state index >= 15 is 0 Å². The molecule has 0 N–H and O–H groups in total. The number of hydrogen-bond donors (Lipinski definition) is 0. The van der Waals surface area contributed by atoms with Gasteiger partial charge < -0.3 is 4.57 Å². The van der Waals surface area contributed by atoms with Crippen LogP contribution >= 0.6 is 15.9 Å². The molecule has 1 aliphatic heterocycles. The highest BCUT2D eigenvalue weighted by Crippen LogP contribution is 2.26. The molecule has 0 spiro atoms. The second kappa shape index (κ2) is 2.48. The molecule has 0 atom stereocenters. The molecule has 0 saturated heterocycles. The lowest BCUT2D eigenvalue weighted by atomic mass is 10.2. The van der Waals surface area contributed by atoms with E-state index in [-0.39, 0.29) is 0 Å². The van der Waals surface area contributed by atoms with Gasteiger partial charge in [-0.1, -0.05) is 0 Å². The van der Waals surface area contributed by atoms with Crippen molar-refractivity contribution in [1.29, 1.82) is 0 Å². The summed E-state index contributed by atoms with van der Waals surface area (Å²) in [6.45, 7) is 1.05. The van der Waals surface area contributed by atoms with Gasteiger partial charge in [-0.25, -0.2) is 0 Å². The van der Waals surface area contributed by atoms with Gasteiger partial charge in [-0.15, -0.1) is 0 Å². The van der Waals surface area contributed by atoms with Crippen LogP contribution in [-0.2, 0) is 13.0 Å². The molecular formula is C8H8BrNO. The molecule has 1 aliphatic rings. The first-order valence-corrected chi connectivity index (χ1v) is 4.45. The van der Waals surface area contributed by atoms with Crippen molar-refractivity contribution in [3.8, 4) is 0 Å². The van der Waals surface area contributed by atoms with Gasteiger partial charge >= 0.3 is 0 Å². The highest BCUT2D eigenvalue weighted by atomic mass is 79.9. The van der Waals surface area contributed by atoms with E-state index in [1.54, 1.807) is 0 Å². The fraction of sp³-hybridized carbons (Fsp3) is 0.375. The fourth-order valence-corrected chi connectivity index (χ4v) is 2.24. The minimum Gasteiger partial charge on any atom is -0.339 e. The smallest absolute Gasteiger partial charge is 0.151 e. The molecule has 3 heteroatoms. The van der Waals surface area contributed by atoms with E-state index in [9.17, 15) is 4.79 Å². The van der Waals surface area contributed by atoms with Crippen molar-refractivity contribution in [2.24, 2.45) is 0 Å². The summed E-state index contributed by atoms with van der Waals surface area (Å²) in [5.74, 6) is 0. The second-order valence-electron chi connectivity index (χ2n) is 2.74. The van der Waals surface area contributed by atoms with E-state index < -0.39 is 0 Å². The Hall–Kier alpha value is -0.570. The van der Waals surface area contributed by atoms with Crippen LogP contribution in [0.3, 0.4) is 0 Å². The third-order valence-corrected chi connectivity index (χ3v) is 2.77. The zero-order chi connectivity index (χ0) is 7.84. The molecule has 1 aromatic rings. The summed E-state index contributed by atoms with van der Waals surface area (Å²) in [5, 5.41) is 0. The zero-order valence-electron chi connectivity index (χ0n) is 6.01. The molecule has 0 fully saturated rings. The van der Waals surface area contributed by atoms with Gasteiger partial charge in [0.15, 0.2) is 6.29 Å². The molecule has 0 saturated carbocycles. The predicted molar refractivity (Wildman–Crippen MR) is 45.8 cm³/mol. The Morgan fingerprint density at radius 2 is 2.45 bits per heavy atom. The van der Waals surface area contributed by atoms with Gasteiger partial charge in [-0.2, -0.15) is 0 Å². The van der Waals surface area contributed by atoms with Crippen LogP contribution in [0.1, 0.15) is 22.5 Å². The largest absolute Gasteiger partial charge is 0.339 e. The summed E-state index contributed by atoms with van der Waals surface area (Å²) < 4.78 is 3.19. The summed E-state index contributed by atoms with van der Waals surface area (Å²) in [5.41, 5.74) is 2.03. The number of nitrogens with zero attached hydrogens (tertiary/aromatic N) is 1. The Kier molecular flexibility index (Phi) is 1.60. The summed E-state index contributed by atoms with van der Waals surface area (Å²) in [6.07, 6.45) is 3.14. The molecule has 11 heavy (non-hydrogen) atoms. The lowest BCUT2D eigenvalue weighted by molar-refractivity contribution is 0.112. The van der Waals surface area contributed by atoms with E-state index in [0.29, 0.717) is 0 Å². The number of carbonyl (C=O) groups is 1. The van der Waals surface area contributed by atoms with Crippen molar-refractivity contribution in [2.75, 3.05) is 0 Å². The quantitative estimate of drug-likeness (QED) is 0.655. The van der Waals surface area contributed by atoms with E-state index in [4.69, 9.17) is 0 Å². The third-order valence-electron chi connectivity index (χ3n) is 2.11. The van der Waals surface area contributed by atoms with Gasteiger partial charge in [0.2, 0.25) is 0 Å². The van der Waals surface area contributed by atoms with E-state index in [0.717, 1.165) is 35.8 Å². The van der Waals surface area contributed by atoms with Gasteiger partial charge in [0.1, 0.15) is 0 Å². The maximum absolute atomic E-state index is 10.5. The first-order chi connectivity index (χ1) is 5.33. The number of aldehydes is 1. The molecule has 2 heterocycles. The predicted octanol–water partition coefficient (Wildman–Crippen LogP) is 2.01. The van der Waals surface area contributed by atoms with Crippen molar-refractivity contribution in [3.05, 3.63) is 21.9 Å². The Bertz CT molecular complexity index is 303. The van der Waals surface area contributed by atoms with Crippen LogP contribution in [0.5, 0.6) is 0 Å². The Balaban J connectivity index is 2.60. The molecule has 0 aromatic carbocycles. The van der Waals surface area contributed by atoms with Crippen LogP contribution in [0.2, 0.25) is 0 Å². The molecule has 1 aromatic heterocycles. The fourth-order valence-electron chi connectivity index (χ4n) is 1.60. The highest BCUT2D eigenvalue weighted by Gasteiger charge is 2.17. The summed E-state index contributed by atoms with van der Waals surface area (Å²) in [7, 11) is 0. The van der Waals surface area contributed by atoms with Crippen LogP contribution in [0.25, 0.3) is 0 Å². The number of rotatable bonds is 1. The summed E-state index contributed by atoms with van der Waals surface area (Å²) in [4.78, 5) is 10.5. The van der Waals surface area contributed by atoms with Gasteiger partial charge in [0.25, 0.3) is 0 Å². The van der Waals surface area contributed by atoms with Gasteiger partial charge in [0, 0.05) is 17.8 Å². The molecule has 0 aliphatic carbocycles. The molecule has 0 radical (unpaired) electrons. The number of halogens is 1. The molecule has 0 amide bonds. The van der Waals surface area contributed by atoms with Crippen LogP contribution in [0, 0.1) is 0 Å². The van der Waals surface area contributed by atoms with Crippen molar-refractivity contribution < 1.29 is 4.79 Å². The normalized spacial score (nSPS) is 15.0. The molecule has 2 nitrogen and oxygen atoms in total. The Labute approximate surface area is 73.3 Å². The van der Waals surface area contributed by atoms with Crippen molar-refractivity contribution in [3.63, 3.8) is 0 Å². The van der Waals surface area contributed by atoms with Gasteiger partial charge in [-0.05, 0) is 34.8 Å². The first kappa shape index (κ1) is 7.10. The Morgan fingerprint density at radius 1 is 1.64 bits per heavy atom. The number of fused-ring (bicyclic) bond motifs is 1. The number of carbonyl (C=O) groups excluding carboxylic acids is 1. The maximum atomic E-state index is 10.5. The third kappa shape index (κ3) is 0.948. The SMILES string of the molecule is O=Cc1cc(Br)n2c1CCC2. The average Bonchev–Trinajstić information content (AvgIpc) is 2.54. The minimum absolute atomic E-state index is 0.842. The van der Waals surface area contributed by atoms with Crippen LogP contribution in [-0.4, -0.2) is 10.9 Å². The van der Waals surface area contributed by atoms with Crippen LogP contribution < -0.4 is 0 Å². The lowest BCUT2D eigenvalue weighted by Gasteiger charge is -1.96. The van der Waals surface area contributed by atoms with Crippen molar-refractivity contribution in [1.82, 2.24) is 4.57 Å². The van der Waals surface area contributed by atoms with Crippen molar-refractivity contribution in [2.45, 2.75) is 19.4 Å². The highest BCUT2D eigenvalue weighted by molar-refractivity contribution is 9.10. The second-order valence-corrected chi connectivity index (χ2v) is 3.55. The van der Waals surface area contributed by atoms with E-state index in [1.165, 1.54) is 5.69 Å². The molecule has 0 bridgehead atoms. The Morgan fingerprint density at radius 3 is 3.18 bits per heavy atom.